The molecule has 0 unspecified atom stereocenters. The van der Waals surface area contributed by atoms with Crippen molar-refractivity contribution in [3.8, 4) is 0 Å². The van der Waals surface area contributed by atoms with Gasteiger partial charge in [-0.15, -0.1) is 0 Å². The van der Waals surface area contributed by atoms with Gasteiger partial charge in [0.2, 0.25) is 5.89 Å². The number of rotatable bonds is 4. The molecule has 1 aromatic heterocycles. The summed E-state index contributed by atoms with van der Waals surface area (Å²) in [5.74, 6) is 1.45. The molecule has 0 saturated heterocycles. The van der Waals surface area contributed by atoms with Crippen LogP contribution < -0.4 is 5.73 Å². The van der Waals surface area contributed by atoms with Gasteiger partial charge in [-0.1, -0.05) is 49.3 Å². The van der Waals surface area contributed by atoms with Crippen LogP contribution in [0.2, 0.25) is 0 Å². The van der Waals surface area contributed by atoms with Crippen LogP contribution in [0.5, 0.6) is 0 Å². The van der Waals surface area contributed by atoms with Gasteiger partial charge in [0.25, 0.3) is 0 Å². The van der Waals surface area contributed by atoms with E-state index in [1.807, 2.05) is 32.0 Å². The zero-order valence-electron chi connectivity index (χ0n) is 11.9. The maximum absolute atomic E-state index is 6.04. The number of hydrogen-bond donors (Lipinski definition) is 1. The van der Waals surface area contributed by atoms with Crippen molar-refractivity contribution >= 4 is 0 Å². The molecule has 4 heteroatoms. The van der Waals surface area contributed by atoms with Crippen molar-refractivity contribution in [2.24, 2.45) is 11.7 Å². The van der Waals surface area contributed by atoms with E-state index in [-0.39, 0.29) is 17.4 Å². The van der Waals surface area contributed by atoms with Gasteiger partial charge < -0.3 is 10.3 Å². The van der Waals surface area contributed by atoms with Gasteiger partial charge in [0, 0.05) is 0 Å². The Labute approximate surface area is 114 Å². The summed E-state index contributed by atoms with van der Waals surface area (Å²) in [6.45, 7) is 8.24. The number of benzene rings is 1. The molecule has 2 N–H and O–H groups in total. The topological polar surface area (TPSA) is 64.9 Å². The molecule has 1 aromatic carbocycles. The average molecular weight is 259 g/mol. The van der Waals surface area contributed by atoms with E-state index in [4.69, 9.17) is 10.3 Å². The Morgan fingerprint density at radius 1 is 1.16 bits per heavy atom. The molecule has 4 nitrogen and oxygen atoms in total. The maximum atomic E-state index is 6.04. The van der Waals surface area contributed by atoms with Gasteiger partial charge in [-0.2, -0.15) is 4.98 Å². The smallest absolute Gasteiger partial charge is 0.243 e. The summed E-state index contributed by atoms with van der Waals surface area (Å²) in [4.78, 5) is 4.48. The Kier molecular flexibility index (Phi) is 3.71. The fourth-order valence-electron chi connectivity index (χ4n) is 1.89. The van der Waals surface area contributed by atoms with E-state index in [0.717, 1.165) is 5.56 Å². The molecule has 0 aliphatic heterocycles. The molecule has 2 aromatic rings. The quantitative estimate of drug-likeness (QED) is 0.916. The Bertz CT molecular complexity index is 531. The van der Waals surface area contributed by atoms with Gasteiger partial charge in [-0.05, 0) is 25.3 Å². The number of nitrogens with zero attached hydrogens (tertiary/aromatic N) is 2. The van der Waals surface area contributed by atoms with Crippen LogP contribution in [0.1, 0.15) is 51.0 Å². The highest BCUT2D eigenvalue weighted by Gasteiger charge is 2.30. The first-order valence-electron chi connectivity index (χ1n) is 6.58. The molecular formula is C15H21N3O. The standard InChI is InChI=1S/C15H21N3O/c1-10(2)12(16)13-17-14(18-19-13)15(3,4)11-8-6-5-7-9-11/h5-10,12H,16H2,1-4H3/t12-/m1/s1. The molecule has 0 fully saturated rings. The van der Waals surface area contributed by atoms with E-state index in [1.165, 1.54) is 0 Å². The lowest BCUT2D eigenvalue weighted by Crippen LogP contribution is -2.22. The van der Waals surface area contributed by atoms with Crippen molar-refractivity contribution in [3.05, 3.63) is 47.6 Å². The number of hydrogen-bond acceptors (Lipinski definition) is 4. The minimum absolute atomic E-state index is 0.215. The first kappa shape index (κ1) is 13.7. The van der Waals surface area contributed by atoms with Crippen LogP contribution in [0.3, 0.4) is 0 Å². The summed E-state index contributed by atoms with van der Waals surface area (Å²) in [7, 11) is 0. The minimum atomic E-state index is -0.292. The van der Waals surface area contributed by atoms with E-state index < -0.39 is 0 Å². The lowest BCUT2D eigenvalue weighted by Gasteiger charge is -2.20. The van der Waals surface area contributed by atoms with Crippen LogP contribution >= 0.6 is 0 Å². The largest absolute Gasteiger partial charge is 0.338 e. The molecule has 0 spiro atoms. The Morgan fingerprint density at radius 3 is 2.37 bits per heavy atom. The first-order chi connectivity index (χ1) is 8.93. The molecule has 0 aliphatic rings. The third-order valence-electron chi connectivity index (χ3n) is 3.50. The summed E-state index contributed by atoms with van der Waals surface area (Å²) >= 11 is 0. The lowest BCUT2D eigenvalue weighted by molar-refractivity contribution is 0.319. The molecule has 19 heavy (non-hydrogen) atoms. The zero-order chi connectivity index (χ0) is 14.0. The molecule has 1 heterocycles. The van der Waals surface area contributed by atoms with Gasteiger partial charge >= 0.3 is 0 Å². The number of nitrogens with two attached hydrogens (primary N) is 1. The molecule has 2 rings (SSSR count). The van der Waals surface area contributed by atoms with Crippen molar-refractivity contribution in [2.75, 3.05) is 0 Å². The molecule has 1 atom stereocenters. The predicted molar refractivity (Wildman–Crippen MR) is 74.6 cm³/mol. The molecule has 0 saturated carbocycles. The minimum Gasteiger partial charge on any atom is -0.338 e. The second-order valence-corrected chi connectivity index (χ2v) is 5.72. The monoisotopic (exact) mass is 259 g/mol. The molecule has 0 bridgehead atoms. The normalized spacial score (nSPS) is 13.8. The first-order valence-corrected chi connectivity index (χ1v) is 6.58. The molecular weight excluding hydrogens is 238 g/mol. The average Bonchev–Trinajstić information content (AvgIpc) is 2.89. The SMILES string of the molecule is CC(C)[C@@H](N)c1nc(C(C)(C)c2ccccc2)no1. The number of aromatic nitrogens is 2. The summed E-state index contributed by atoms with van der Waals surface area (Å²) in [5, 5.41) is 4.10. The second kappa shape index (κ2) is 5.13. The summed E-state index contributed by atoms with van der Waals surface area (Å²) in [6, 6.07) is 9.94. The third kappa shape index (κ3) is 2.68. The zero-order valence-corrected chi connectivity index (χ0v) is 11.9. The van der Waals surface area contributed by atoms with E-state index >= 15 is 0 Å². The Hall–Kier alpha value is -1.68. The fourth-order valence-corrected chi connectivity index (χ4v) is 1.89. The highest BCUT2D eigenvalue weighted by Crippen LogP contribution is 2.30. The van der Waals surface area contributed by atoms with E-state index in [1.54, 1.807) is 0 Å². The van der Waals surface area contributed by atoms with Crippen LogP contribution in [0.4, 0.5) is 0 Å². The van der Waals surface area contributed by atoms with Crippen molar-refractivity contribution in [2.45, 2.75) is 39.2 Å². The van der Waals surface area contributed by atoms with Gasteiger partial charge in [-0.3, -0.25) is 0 Å². The Morgan fingerprint density at radius 2 is 1.79 bits per heavy atom. The van der Waals surface area contributed by atoms with Gasteiger partial charge in [0.15, 0.2) is 5.82 Å². The van der Waals surface area contributed by atoms with Gasteiger partial charge in [0.1, 0.15) is 0 Å². The predicted octanol–water partition coefficient (Wildman–Crippen LogP) is 3.05. The van der Waals surface area contributed by atoms with Crippen molar-refractivity contribution in [1.29, 1.82) is 0 Å². The Balaban J connectivity index is 2.32. The summed E-state index contributed by atoms with van der Waals surface area (Å²) in [5.41, 5.74) is 6.90. The van der Waals surface area contributed by atoms with E-state index in [2.05, 4.69) is 36.1 Å². The van der Waals surface area contributed by atoms with Crippen molar-refractivity contribution in [1.82, 2.24) is 10.1 Å². The lowest BCUT2D eigenvalue weighted by atomic mass is 9.84. The highest BCUT2D eigenvalue weighted by atomic mass is 16.5. The fraction of sp³-hybridized carbons (Fsp3) is 0.467. The third-order valence-corrected chi connectivity index (χ3v) is 3.50. The van der Waals surface area contributed by atoms with Crippen LogP contribution in [0.25, 0.3) is 0 Å². The molecule has 0 radical (unpaired) electrons. The van der Waals surface area contributed by atoms with Crippen LogP contribution in [-0.2, 0) is 5.41 Å². The van der Waals surface area contributed by atoms with Gasteiger partial charge in [0.05, 0.1) is 11.5 Å². The van der Waals surface area contributed by atoms with E-state index in [9.17, 15) is 0 Å². The maximum Gasteiger partial charge on any atom is 0.243 e. The summed E-state index contributed by atoms with van der Waals surface area (Å²) in [6.07, 6.45) is 0. The van der Waals surface area contributed by atoms with Gasteiger partial charge in [-0.25, -0.2) is 0 Å². The van der Waals surface area contributed by atoms with Crippen molar-refractivity contribution in [3.63, 3.8) is 0 Å². The summed E-state index contributed by atoms with van der Waals surface area (Å²) < 4.78 is 5.31. The van der Waals surface area contributed by atoms with Crippen molar-refractivity contribution < 1.29 is 4.52 Å². The second-order valence-electron chi connectivity index (χ2n) is 5.72. The van der Waals surface area contributed by atoms with E-state index in [0.29, 0.717) is 11.7 Å². The van der Waals surface area contributed by atoms with Crippen LogP contribution in [0.15, 0.2) is 34.9 Å². The molecule has 102 valence electrons. The van der Waals surface area contributed by atoms with Crippen LogP contribution in [0, 0.1) is 5.92 Å². The molecule has 0 aliphatic carbocycles. The molecule has 0 amide bonds. The highest BCUT2D eigenvalue weighted by molar-refractivity contribution is 5.30. The van der Waals surface area contributed by atoms with Crippen LogP contribution in [-0.4, -0.2) is 10.1 Å².